The van der Waals surface area contributed by atoms with E-state index in [9.17, 15) is 14.9 Å². The zero-order chi connectivity index (χ0) is 22.3. The number of thiophene rings is 1. The molecule has 4 aromatic rings. The molecule has 2 aromatic carbocycles. The molecule has 9 heteroatoms. The van der Waals surface area contributed by atoms with Gasteiger partial charge in [0.05, 0.1) is 9.80 Å². The van der Waals surface area contributed by atoms with E-state index < -0.39 is 4.92 Å². The molecule has 0 fully saturated rings. The maximum Gasteiger partial charge on any atom is 0.270 e. The Morgan fingerprint density at radius 1 is 1.03 bits per heavy atom. The minimum atomic E-state index is -0.467. The van der Waals surface area contributed by atoms with Crippen molar-refractivity contribution >= 4 is 22.9 Å². The highest BCUT2D eigenvalue weighted by Gasteiger charge is 2.19. The second-order valence-electron chi connectivity index (χ2n) is 7.07. The van der Waals surface area contributed by atoms with Crippen molar-refractivity contribution in [2.24, 2.45) is 0 Å². The molecule has 0 atom stereocenters. The standard InChI is InChI=1S/C23H20N4O4S/c28-23(20-10-5-15-32-20)26(13-11-17-6-2-1-3-7-17)14-12-21-24-22(25-31-21)18-8-4-9-19(16-18)27(29)30/h1-10,15-16H,11-14H2. The molecule has 0 aliphatic rings. The molecule has 162 valence electrons. The minimum Gasteiger partial charge on any atom is -0.339 e. The van der Waals surface area contributed by atoms with Crippen LogP contribution in [-0.2, 0) is 12.8 Å². The number of carbonyl (C=O) groups excluding carboxylic acids is 1. The van der Waals surface area contributed by atoms with Crippen molar-refractivity contribution in [3.05, 3.63) is 98.6 Å². The quantitative estimate of drug-likeness (QED) is 0.273. The molecular weight excluding hydrogens is 428 g/mol. The molecule has 0 radical (unpaired) electrons. The summed E-state index contributed by atoms with van der Waals surface area (Å²) in [4.78, 5) is 30.3. The van der Waals surface area contributed by atoms with Gasteiger partial charge in [-0.05, 0) is 23.4 Å². The van der Waals surface area contributed by atoms with E-state index in [0.29, 0.717) is 35.8 Å². The number of nitrogens with zero attached hydrogens (tertiary/aromatic N) is 4. The van der Waals surface area contributed by atoms with Gasteiger partial charge in [0.15, 0.2) is 0 Å². The van der Waals surface area contributed by atoms with Gasteiger partial charge in [0, 0.05) is 37.2 Å². The number of hydrogen-bond acceptors (Lipinski definition) is 7. The number of nitro groups is 1. The average molecular weight is 449 g/mol. The first kappa shape index (κ1) is 21.4. The van der Waals surface area contributed by atoms with Crippen molar-refractivity contribution in [1.82, 2.24) is 15.0 Å². The van der Waals surface area contributed by atoms with Crippen LogP contribution in [0.4, 0.5) is 5.69 Å². The molecule has 0 aliphatic heterocycles. The number of non-ortho nitro benzene ring substituents is 1. The molecule has 1 amide bonds. The number of rotatable bonds is 9. The Kier molecular flexibility index (Phi) is 6.66. The number of hydrogen-bond donors (Lipinski definition) is 0. The Labute approximate surface area is 188 Å². The van der Waals surface area contributed by atoms with E-state index in [1.807, 2.05) is 47.8 Å². The molecule has 0 saturated heterocycles. The van der Waals surface area contributed by atoms with Gasteiger partial charge in [0.25, 0.3) is 11.6 Å². The molecule has 0 aliphatic carbocycles. The molecule has 0 spiro atoms. The van der Waals surface area contributed by atoms with E-state index in [-0.39, 0.29) is 17.4 Å². The molecule has 0 unspecified atom stereocenters. The fourth-order valence-corrected chi connectivity index (χ4v) is 3.93. The van der Waals surface area contributed by atoms with Crippen LogP contribution in [0.3, 0.4) is 0 Å². The van der Waals surface area contributed by atoms with Crippen molar-refractivity contribution in [2.75, 3.05) is 13.1 Å². The van der Waals surface area contributed by atoms with Gasteiger partial charge in [-0.2, -0.15) is 4.98 Å². The zero-order valence-electron chi connectivity index (χ0n) is 17.1. The van der Waals surface area contributed by atoms with Crippen LogP contribution in [-0.4, -0.2) is 39.0 Å². The maximum atomic E-state index is 13.0. The fourth-order valence-electron chi connectivity index (χ4n) is 3.24. The molecule has 0 saturated carbocycles. The van der Waals surface area contributed by atoms with Gasteiger partial charge in [0.2, 0.25) is 11.7 Å². The summed E-state index contributed by atoms with van der Waals surface area (Å²) in [5, 5.41) is 16.8. The van der Waals surface area contributed by atoms with Crippen molar-refractivity contribution in [1.29, 1.82) is 0 Å². The van der Waals surface area contributed by atoms with E-state index in [1.54, 1.807) is 17.0 Å². The summed E-state index contributed by atoms with van der Waals surface area (Å²) >= 11 is 1.41. The van der Waals surface area contributed by atoms with Gasteiger partial charge in [0.1, 0.15) is 0 Å². The average Bonchev–Trinajstić information content (AvgIpc) is 3.52. The maximum absolute atomic E-state index is 13.0. The van der Waals surface area contributed by atoms with Crippen LogP contribution in [0.25, 0.3) is 11.4 Å². The Hall–Kier alpha value is -3.85. The second-order valence-corrected chi connectivity index (χ2v) is 8.02. The summed E-state index contributed by atoms with van der Waals surface area (Å²) in [6.07, 6.45) is 1.12. The summed E-state index contributed by atoms with van der Waals surface area (Å²) < 4.78 is 5.34. The lowest BCUT2D eigenvalue weighted by molar-refractivity contribution is -0.384. The van der Waals surface area contributed by atoms with Gasteiger partial charge in [-0.15, -0.1) is 11.3 Å². The number of nitro benzene ring substituents is 1. The number of benzene rings is 2. The van der Waals surface area contributed by atoms with Crippen LogP contribution >= 0.6 is 11.3 Å². The summed E-state index contributed by atoms with van der Waals surface area (Å²) in [6, 6.07) is 19.8. The number of amides is 1. The van der Waals surface area contributed by atoms with Crippen molar-refractivity contribution in [3.63, 3.8) is 0 Å². The fraction of sp³-hybridized carbons (Fsp3) is 0.174. The zero-order valence-corrected chi connectivity index (χ0v) is 17.9. The lowest BCUT2D eigenvalue weighted by atomic mass is 10.1. The summed E-state index contributed by atoms with van der Waals surface area (Å²) in [5.74, 6) is 0.619. The largest absolute Gasteiger partial charge is 0.339 e. The minimum absolute atomic E-state index is 0.0330. The topological polar surface area (TPSA) is 102 Å². The molecule has 0 bridgehead atoms. The van der Waals surface area contributed by atoms with Crippen LogP contribution < -0.4 is 0 Å². The first-order chi connectivity index (χ1) is 15.6. The van der Waals surface area contributed by atoms with Crippen molar-refractivity contribution in [3.8, 4) is 11.4 Å². The number of carbonyl (C=O) groups is 1. The highest BCUT2D eigenvalue weighted by atomic mass is 32.1. The Bertz CT molecular complexity index is 1190. The third-order valence-corrected chi connectivity index (χ3v) is 5.77. The van der Waals surface area contributed by atoms with Gasteiger partial charge < -0.3 is 9.42 Å². The van der Waals surface area contributed by atoms with E-state index in [2.05, 4.69) is 10.1 Å². The summed E-state index contributed by atoms with van der Waals surface area (Å²) in [7, 11) is 0. The molecule has 32 heavy (non-hydrogen) atoms. The lowest BCUT2D eigenvalue weighted by Gasteiger charge is -2.21. The van der Waals surface area contributed by atoms with Crippen LogP contribution in [0.15, 0.2) is 76.6 Å². The van der Waals surface area contributed by atoms with Crippen LogP contribution in [0, 0.1) is 10.1 Å². The van der Waals surface area contributed by atoms with E-state index in [4.69, 9.17) is 4.52 Å². The van der Waals surface area contributed by atoms with E-state index >= 15 is 0 Å². The Morgan fingerprint density at radius 3 is 2.59 bits per heavy atom. The molecule has 0 N–H and O–H groups in total. The predicted molar refractivity (Wildman–Crippen MR) is 120 cm³/mol. The van der Waals surface area contributed by atoms with Gasteiger partial charge >= 0.3 is 0 Å². The molecule has 2 heterocycles. The third kappa shape index (κ3) is 5.25. The first-order valence-corrected chi connectivity index (χ1v) is 10.9. The highest BCUT2D eigenvalue weighted by Crippen LogP contribution is 2.21. The van der Waals surface area contributed by atoms with Crippen molar-refractivity contribution in [2.45, 2.75) is 12.8 Å². The summed E-state index contributed by atoms with van der Waals surface area (Å²) in [5.41, 5.74) is 1.62. The van der Waals surface area contributed by atoms with Crippen LogP contribution in [0.2, 0.25) is 0 Å². The SMILES string of the molecule is O=C(c1cccs1)N(CCc1ccccc1)CCc1nc(-c2cccc([N+](=O)[O-])c2)no1. The van der Waals surface area contributed by atoms with Crippen LogP contribution in [0.5, 0.6) is 0 Å². The van der Waals surface area contributed by atoms with E-state index in [0.717, 1.165) is 12.0 Å². The smallest absolute Gasteiger partial charge is 0.270 e. The van der Waals surface area contributed by atoms with Crippen molar-refractivity contribution < 1.29 is 14.2 Å². The molecule has 4 rings (SSSR count). The third-order valence-electron chi connectivity index (χ3n) is 4.91. The molecular formula is C23H20N4O4S. The van der Waals surface area contributed by atoms with Gasteiger partial charge in [-0.25, -0.2) is 0 Å². The monoisotopic (exact) mass is 448 g/mol. The van der Waals surface area contributed by atoms with E-state index in [1.165, 1.54) is 23.5 Å². The normalized spacial score (nSPS) is 10.8. The second kappa shape index (κ2) is 9.97. The van der Waals surface area contributed by atoms with Gasteiger partial charge in [-0.3, -0.25) is 14.9 Å². The Morgan fingerprint density at radius 2 is 1.84 bits per heavy atom. The predicted octanol–water partition coefficient (Wildman–Crippen LogP) is 4.63. The van der Waals surface area contributed by atoms with Crippen LogP contribution in [0.1, 0.15) is 21.1 Å². The molecule has 2 aromatic heterocycles. The van der Waals surface area contributed by atoms with Gasteiger partial charge in [-0.1, -0.05) is 53.7 Å². The first-order valence-electron chi connectivity index (χ1n) is 10.0. The Balaban J connectivity index is 1.45. The lowest BCUT2D eigenvalue weighted by Crippen LogP contribution is -2.34. The summed E-state index contributed by atoms with van der Waals surface area (Å²) in [6.45, 7) is 0.979. The number of aromatic nitrogens is 2. The highest BCUT2D eigenvalue weighted by molar-refractivity contribution is 7.12. The molecule has 8 nitrogen and oxygen atoms in total.